The van der Waals surface area contributed by atoms with Crippen molar-refractivity contribution in [3.8, 4) is 6.07 Å². The van der Waals surface area contributed by atoms with Crippen LogP contribution in [0.3, 0.4) is 0 Å². The maximum absolute atomic E-state index is 12.8. The summed E-state index contributed by atoms with van der Waals surface area (Å²) in [7, 11) is 0. The number of carbonyl (C=O) groups is 1. The van der Waals surface area contributed by atoms with E-state index in [4.69, 9.17) is 15.2 Å². The fraction of sp³-hybridized carbons (Fsp3) is 0.333. The molecule has 2 heterocycles. The van der Waals surface area contributed by atoms with Crippen LogP contribution in [0.5, 0.6) is 0 Å². The van der Waals surface area contributed by atoms with E-state index in [0.717, 1.165) is 30.2 Å². The molecule has 0 atom stereocenters. The van der Waals surface area contributed by atoms with E-state index in [0.29, 0.717) is 37.4 Å². The van der Waals surface area contributed by atoms with Gasteiger partial charge in [-0.05, 0) is 50.1 Å². The Morgan fingerprint density at radius 3 is 2.29 bits per heavy atom. The molecule has 2 amide bonds. The van der Waals surface area contributed by atoms with Gasteiger partial charge in [-0.1, -0.05) is 36.8 Å². The van der Waals surface area contributed by atoms with Gasteiger partial charge in [-0.3, -0.25) is 0 Å². The number of hydrogen-bond acceptors (Lipinski definition) is 5. The lowest BCUT2D eigenvalue weighted by Gasteiger charge is -2.36. The van der Waals surface area contributed by atoms with E-state index >= 15 is 0 Å². The molecule has 0 saturated carbocycles. The van der Waals surface area contributed by atoms with E-state index in [1.54, 1.807) is 24.3 Å². The summed E-state index contributed by atoms with van der Waals surface area (Å²) in [5, 5.41) is 11.9. The number of hydrogen-bond donors (Lipinski definition) is 1. The second-order valence-electron chi connectivity index (χ2n) is 8.63. The Morgan fingerprint density at radius 2 is 1.68 bits per heavy atom. The highest BCUT2D eigenvalue weighted by atomic mass is 16.2. The maximum atomic E-state index is 12.8. The Balaban J connectivity index is 1.47. The number of nitriles is 1. The van der Waals surface area contributed by atoms with E-state index in [1.807, 2.05) is 11.8 Å². The molecule has 1 aromatic heterocycles. The molecule has 174 valence electrons. The van der Waals surface area contributed by atoms with Gasteiger partial charge in [0.15, 0.2) is 0 Å². The minimum atomic E-state index is -0.127. The third-order valence-corrected chi connectivity index (χ3v) is 6.15. The van der Waals surface area contributed by atoms with Gasteiger partial charge >= 0.3 is 6.03 Å². The first-order chi connectivity index (χ1) is 16.5. The highest BCUT2D eigenvalue weighted by Crippen LogP contribution is 2.26. The third-order valence-electron chi connectivity index (χ3n) is 6.15. The molecule has 1 fully saturated rings. The summed E-state index contributed by atoms with van der Waals surface area (Å²) < 4.78 is 0. The van der Waals surface area contributed by atoms with Gasteiger partial charge in [0.25, 0.3) is 0 Å². The van der Waals surface area contributed by atoms with Crippen LogP contribution in [0.2, 0.25) is 0 Å². The Labute approximate surface area is 201 Å². The summed E-state index contributed by atoms with van der Waals surface area (Å²) in [6.07, 6.45) is 1.64. The van der Waals surface area contributed by atoms with Crippen LogP contribution in [0.4, 0.5) is 16.3 Å². The quantitative estimate of drug-likeness (QED) is 0.615. The summed E-state index contributed by atoms with van der Waals surface area (Å²) in [6, 6.07) is 17.5. The number of urea groups is 1. The Kier molecular flexibility index (Phi) is 7.07. The molecule has 7 nitrogen and oxygen atoms in total. The minimum Gasteiger partial charge on any atom is -0.353 e. The first-order valence-electron chi connectivity index (χ1n) is 11.7. The molecule has 1 aliphatic rings. The molecule has 0 spiro atoms. The highest BCUT2D eigenvalue weighted by molar-refractivity contribution is 5.89. The Bertz CT molecular complexity index is 1190. The van der Waals surface area contributed by atoms with Gasteiger partial charge in [-0.2, -0.15) is 5.26 Å². The average Bonchev–Trinajstić information content (AvgIpc) is 2.86. The molecule has 1 aliphatic heterocycles. The third kappa shape index (κ3) is 5.34. The number of rotatable bonds is 5. The summed E-state index contributed by atoms with van der Waals surface area (Å²) in [5.74, 6) is 1.76. The minimum absolute atomic E-state index is 0.127. The molecule has 0 unspecified atom stereocenters. The zero-order valence-electron chi connectivity index (χ0n) is 20.0. The number of anilines is 2. The zero-order valence-corrected chi connectivity index (χ0v) is 20.0. The number of carbonyl (C=O) groups excluding carboxylic acids is 1. The molecule has 0 bridgehead atoms. The van der Waals surface area contributed by atoms with Crippen molar-refractivity contribution in [1.82, 2.24) is 14.9 Å². The zero-order chi connectivity index (χ0) is 24.1. The van der Waals surface area contributed by atoms with Crippen LogP contribution in [-0.4, -0.2) is 47.1 Å². The van der Waals surface area contributed by atoms with Gasteiger partial charge in [0.05, 0.1) is 11.6 Å². The highest BCUT2D eigenvalue weighted by Gasteiger charge is 2.25. The lowest BCUT2D eigenvalue weighted by Crippen LogP contribution is -2.50. The van der Waals surface area contributed by atoms with E-state index in [2.05, 4.69) is 54.4 Å². The van der Waals surface area contributed by atoms with Crippen LogP contribution < -0.4 is 10.2 Å². The van der Waals surface area contributed by atoms with Crippen LogP contribution in [0, 0.1) is 25.2 Å². The molecule has 7 heteroatoms. The molecule has 0 radical (unpaired) electrons. The first kappa shape index (κ1) is 23.2. The van der Waals surface area contributed by atoms with Crippen molar-refractivity contribution in [2.24, 2.45) is 0 Å². The first-order valence-corrected chi connectivity index (χ1v) is 11.7. The molecular weight excluding hydrogens is 424 g/mol. The fourth-order valence-corrected chi connectivity index (χ4v) is 4.23. The topological polar surface area (TPSA) is 85.2 Å². The van der Waals surface area contributed by atoms with Gasteiger partial charge in [-0.15, -0.1) is 0 Å². The van der Waals surface area contributed by atoms with Crippen molar-refractivity contribution < 1.29 is 4.79 Å². The van der Waals surface area contributed by atoms with Crippen molar-refractivity contribution in [2.75, 3.05) is 36.4 Å². The number of piperazine rings is 1. The predicted molar refractivity (Wildman–Crippen MR) is 134 cm³/mol. The second-order valence-corrected chi connectivity index (χ2v) is 8.63. The number of nitrogens with one attached hydrogen (secondary N) is 1. The number of nitrogens with zero attached hydrogens (tertiary/aromatic N) is 5. The molecule has 34 heavy (non-hydrogen) atoms. The normalized spacial score (nSPS) is 13.5. The molecule has 3 aromatic rings. The van der Waals surface area contributed by atoms with E-state index in [-0.39, 0.29) is 6.03 Å². The van der Waals surface area contributed by atoms with Gasteiger partial charge in [-0.25, -0.2) is 14.8 Å². The van der Waals surface area contributed by atoms with Crippen molar-refractivity contribution in [3.05, 3.63) is 82.3 Å². The largest absolute Gasteiger partial charge is 0.353 e. The van der Waals surface area contributed by atoms with Crippen molar-refractivity contribution in [1.29, 1.82) is 5.26 Å². The van der Waals surface area contributed by atoms with Gasteiger partial charge in [0, 0.05) is 49.5 Å². The average molecular weight is 455 g/mol. The lowest BCUT2D eigenvalue weighted by atomic mass is 10.0. The van der Waals surface area contributed by atoms with Crippen molar-refractivity contribution >= 4 is 17.5 Å². The van der Waals surface area contributed by atoms with Crippen LogP contribution in [-0.2, 0) is 12.8 Å². The number of benzene rings is 2. The molecule has 1 N–H and O–H groups in total. The van der Waals surface area contributed by atoms with Crippen molar-refractivity contribution in [2.45, 2.75) is 33.6 Å². The maximum Gasteiger partial charge on any atom is 0.321 e. The summed E-state index contributed by atoms with van der Waals surface area (Å²) in [6.45, 7) is 8.81. The van der Waals surface area contributed by atoms with E-state index < -0.39 is 0 Å². The smallest absolute Gasteiger partial charge is 0.321 e. The number of amides is 2. The standard InChI is InChI=1S/C27H30N6O/c1-4-25-24(17-21-7-5-19(2)6-8-21)26(30-20(3)29-25)32-13-15-33(16-14-32)27(34)31-23-11-9-22(18-28)10-12-23/h5-12H,4,13-17H2,1-3H3,(H,31,34). The van der Waals surface area contributed by atoms with E-state index in [1.165, 1.54) is 16.7 Å². The second kappa shape index (κ2) is 10.3. The van der Waals surface area contributed by atoms with Crippen LogP contribution in [0.1, 0.15) is 40.7 Å². The van der Waals surface area contributed by atoms with Gasteiger partial charge in [0.1, 0.15) is 11.6 Å². The monoisotopic (exact) mass is 454 g/mol. The summed E-state index contributed by atoms with van der Waals surface area (Å²) in [5.41, 5.74) is 6.01. The SMILES string of the molecule is CCc1nc(C)nc(N2CCN(C(=O)Nc3ccc(C#N)cc3)CC2)c1Cc1ccc(C)cc1. The predicted octanol–water partition coefficient (Wildman–Crippen LogP) is 4.47. The van der Waals surface area contributed by atoms with Gasteiger partial charge in [0.2, 0.25) is 0 Å². The van der Waals surface area contributed by atoms with Crippen LogP contribution in [0.15, 0.2) is 48.5 Å². The Hall–Kier alpha value is -3.92. The van der Waals surface area contributed by atoms with Crippen molar-refractivity contribution in [3.63, 3.8) is 0 Å². The molecule has 1 saturated heterocycles. The van der Waals surface area contributed by atoms with E-state index in [9.17, 15) is 4.79 Å². The number of aryl methyl sites for hydroxylation is 3. The molecule has 0 aliphatic carbocycles. The van der Waals surface area contributed by atoms with Crippen LogP contribution in [0.25, 0.3) is 0 Å². The number of aromatic nitrogens is 2. The van der Waals surface area contributed by atoms with Gasteiger partial charge < -0.3 is 15.1 Å². The molecule has 2 aromatic carbocycles. The van der Waals surface area contributed by atoms with Crippen LogP contribution >= 0.6 is 0 Å². The molecule has 4 rings (SSSR count). The summed E-state index contributed by atoms with van der Waals surface area (Å²) >= 11 is 0. The Morgan fingerprint density at radius 1 is 1.00 bits per heavy atom. The lowest BCUT2D eigenvalue weighted by molar-refractivity contribution is 0.208. The molecular formula is C27H30N6O. The summed E-state index contributed by atoms with van der Waals surface area (Å²) in [4.78, 5) is 26.4. The fourth-order valence-electron chi connectivity index (χ4n) is 4.23.